The van der Waals surface area contributed by atoms with E-state index in [2.05, 4.69) is 9.46 Å². The zero-order chi connectivity index (χ0) is 17.8. The van der Waals surface area contributed by atoms with Gasteiger partial charge in [0, 0.05) is 13.7 Å². The number of benzene rings is 1. The van der Waals surface area contributed by atoms with Gasteiger partial charge >= 0.3 is 6.36 Å². The second-order valence-electron chi connectivity index (χ2n) is 4.63. The number of para-hydroxylation sites is 1. The van der Waals surface area contributed by atoms with Crippen LogP contribution >= 0.6 is 11.3 Å². The lowest BCUT2D eigenvalue weighted by Gasteiger charge is -2.17. The molecule has 132 valence electrons. The lowest BCUT2D eigenvalue weighted by molar-refractivity contribution is -0.275. The molecule has 0 saturated carbocycles. The minimum atomic E-state index is -4.99. The van der Waals surface area contributed by atoms with E-state index < -0.39 is 33.1 Å². The van der Waals surface area contributed by atoms with Crippen molar-refractivity contribution in [3.05, 3.63) is 46.7 Å². The fraction of sp³-hybridized carbons (Fsp3) is 0.286. The van der Waals surface area contributed by atoms with Gasteiger partial charge in [-0.15, -0.1) is 13.2 Å². The van der Waals surface area contributed by atoms with Crippen molar-refractivity contribution in [3.63, 3.8) is 0 Å². The van der Waals surface area contributed by atoms with Crippen LogP contribution in [0.15, 0.2) is 46.0 Å². The summed E-state index contributed by atoms with van der Waals surface area (Å²) in [6, 6.07) is 6.31. The van der Waals surface area contributed by atoms with Gasteiger partial charge < -0.3 is 9.47 Å². The highest BCUT2D eigenvalue weighted by Crippen LogP contribution is 2.29. The second kappa shape index (κ2) is 7.51. The third-order valence-electron chi connectivity index (χ3n) is 3.02. The molecule has 0 fully saturated rings. The van der Waals surface area contributed by atoms with Crippen LogP contribution in [0.5, 0.6) is 5.75 Å². The molecule has 0 aliphatic heterocycles. The van der Waals surface area contributed by atoms with Gasteiger partial charge in [0.2, 0.25) is 10.0 Å². The monoisotopic (exact) mass is 381 g/mol. The van der Waals surface area contributed by atoms with Crippen molar-refractivity contribution in [3.8, 4) is 5.75 Å². The quantitative estimate of drug-likeness (QED) is 0.799. The standard InChI is InChI=1S/C14H14F3NO4S2/c1-21-12(10-6-7-23-9-10)8-18-24(19,20)13-5-3-2-4-11(13)22-14(15,16)17/h2-7,9,12,18H,8H2,1H3/t12-/m0/s1. The smallest absolute Gasteiger partial charge is 0.404 e. The molecule has 0 amide bonds. The Morgan fingerprint density at radius 2 is 1.96 bits per heavy atom. The Morgan fingerprint density at radius 3 is 2.54 bits per heavy atom. The molecule has 0 aliphatic carbocycles. The van der Waals surface area contributed by atoms with E-state index in [1.807, 2.05) is 5.38 Å². The lowest BCUT2D eigenvalue weighted by atomic mass is 10.2. The predicted octanol–water partition coefficient (Wildman–Crippen LogP) is 3.31. The van der Waals surface area contributed by atoms with E-state index in [4.69, 9.17) is 4.74 Å². The predicted molar refractivity (Wildman–Crippen MR) is 82.4 cm³/mol. The number of ether oxygens (including phenoxy) is 2. The number of rotatable bonds is 7. The van der Waals surface area contributed by atoms with Crippen LogP contribution in [-0.2, 0) is 14.8 Å². The van der Waals surface area contributed by atoms with Gasteiger partial charge in [-0.2, -0.15) is 11.3 Å². The van der Waals surface area contributed by atoms with Gasteiger partial charge in [0.25, 0.3) is 0 Å². The molecule has 0 radical (unpaired) electrons. The molecule has 0 bridgehead atoms. The molecule has 0 spiro atoms. The van der Waals surface area contributed by atoms with Gasteiger partial charge in [0.15, 0.2) is 0 Å². The van der Waals surface area contributed by atoms with E-state index in [9.17, 15) is 21.6 Å². The van der Waals surface area contributed by atoms with E-state index in [1.54, 1.807) is 11.4 Å². The third kappa shape index (κ3) is 4.94. The lowest BCUT2D eigenvalue weighted by Crippen LogP contribution is -2.30. The second-order valence-corrected chi connectivity index (χ2v) is 7.14. The maximum Gasteiger partial charge on any atom is 0.573 e. The molecule has 24 heavy (non-hydrogen) atoms. The molecule has 1 N–H and O–H groups in total. The van der Waals surface area contributed by atoms with Gasteiger partial charge in [-0.05, 0) is 34.5 Å². The van der Waals surface area contributed by atoms with Crippen molar-refractivity contribution < 1.29 is 31.1 Å². The van der Waals surface area contributed by atoms with Crippen molar-refractivity contribution in [2.45, 2.75) is 17.4 Å². The van der Waals surface area contributed by atoms with Gasteiger partial charge in [-0.1, -0.05) is 12.1 Å². The Kier molecular flexibility index (Phi) is 5.86. The molecule has 1 aromatic carbocycles. The van der Waals surface area contributed by atoms with Crippen LogP contribution in [0.25, 0.3) is 0 Å². The fourth-order valence-corrected chi connectivity index (χ4v) is 3.80. The SMILES string of the molecule is CO[C@@H](CNS(=O)(=O)c1ccccc1OC(F)(F)F)c1ccsc1. The van der Waals surface area contributed by atoms with E-state index in [0.29, 0.717) is 0 Å². The van der Waals surface area contributed by atoms with Gasteiger partial charge in [0.1, 0.15) is 10.6 Å². The minimum Gasteiger partial charge on any atom is -0.404 e. The number of hydrogen-bond donors (Lipinski definition) is 1. The average Bonchev–Trinajstić information content (AvgIpc) is 3.01. The molecule has 1 aromatic heterocycles. The molecule has 10 heteroatoms. The highest BCUT2D eigenvalue weighted by Gasteiger charge is 2.34. The number of alkyl halides is 3. The Bertz CT molecular complexity index is 761. The topological polar surface area (TPSA) is 64.6 Å². The summed E-state index contributed by atoms with van der Waals surface area (Å²) in [7, 11) is -2.80. The summed E-state index contributed by atoms with van der Waals surface area (Å²) in [6.07, 6.45) is -5.54. The molecule has 2 aromatic rings. The first-order valence-electron chi connectivity index (χ1n) is 6.62. The van der Waals surface area contributed by atoms with E-state index in [1.165, 1.54) is 30.6 Å². The summed E-state index contributed by atoms with van der Waals surface area (Å²) in [5.41, 5.74) is 0.769. The normalized spacial score (nSPS) is 13.7. The third-order valence-corrected chi connectivity index (χ3v) is 5.19. The Labute approximate surface area is 141 Å². The molecule has 0 aliphatic rings. The maximum atomic E-state index is 12.4. The van der Waals surface area contributed by atoms with Crippen LogP contribution in [0.4, 0.5) is 13.2 Å². The Balaban J connectivity index is 2.19. The number of sulfonamides is 1. The maximum absolute atomic E-state index is 12.4. The van der Waals surface area contributed by atoms with Crippen LogP contribution in [0.1, 0.15) is 11.7 Å². The fourth-order valence-electron chi connectivity index (χ4n) is 1.94. The first-order chi connectivity index (χ1) is 11.2. The number of hydrogen-bond acceptors (Lipinski definition) is 5. The van der Waals surface area contributed by atoms with Crippen molar-refractivity contribution in [1.82, 2.24) is 4.72 Å². The summed E-state index contributed by atoms with van der Waals surface area (Å²) in [5.74, 6) is -0.790. The summed E-state index contributed by atoms with van der Waals surface area (Å²) < 4.78 is 73.1. The van der Waals surface area contributed by atoms with Crippen molar-refractivity contribution >= 4 is 21.4 Å². The summed E-state index contributed by atoms with van der Waals surface area (Å²) >= 11 is 1.42. The number of methoxy groups -OCH3 is 1. The van der Waals surface area contributed by atoms with Crippen LogP contribution in [-0.4, -0.2) is 28.4 Å². The van der Waals surface area contributed by atoms with Crippen LogP contribution in [0, 0.1) is 0 Å². The van der Waals surface area contributed by atoms with Gasteiger partial charge in [-0.25, -0.2) is 13.1 Å². The molecule has 1 atom stereocenters. The summed E-state index contributed by atoms with van der Waals surface area (Å²) in [4.78, 5) is -0.595. The van der Waals surface area contributed by atoms with Gasteiger partial charge in [0.05, 0.1) is 6.10 Å². The molecular weight excluding hydrogens is 367 g/mol. The molecule has 5 nitrogen and oxygen atoms in total. The number of nitrogens with one attached hydrogen (secondary N) is 1. The van der Waals surface area contributed by atoms with Gasteiger partial charge in [-0.3, -0.25) is 0 Å². The molecule has 0 unspecified atom stereocenters. The zero-order valence-corrected chi connectivity index (χ0v) is 14.0. The highest BCUT2D eigenvalue weighted by molar-refractivity contribution is 7.89. The van der Waals surface area contributed by atoms with Crippen molar-refractivity contribution in [2.75, 3.05) is 13.7 Å². The van der Waals surface area contributed by atoms with Crippen LogP contribution in [0.2, 0.25) is 0 Å². The zero-order valence-electron chi connectivity index (χ0n) is 12.4. The first kappa shape index (κ1) is 18.7. The van der Waals surface area contributed by atoms with Crippen LogP contribution in [0.3, 0.4) is 0 Å². The van der Waals surface area contributed by atoms with Crippen LogP contribution < -0.4 is 9.46 Å². The largest absolute Gasteiger partial charge is 0.573 e. The highest BCUT2D eigenvalue weighted by atomic mass is 32.2. The Morgan fingerprint density at radius 1 is 1.25 bits per heavy atom. The number of thiophene rings is 1. The average molecular weight is 381 g/mol. The van der Waals surface area contributed by atoms with E-state index in [0.717, 1.165) is 17.7 Å². The first-order valence-corrected chi connectivity index (χ1v) is 9.05. The Hall–Kier alpha value is -1.62. The minimum absolute atomic E-state index is 0.129. The number of halogens is 3. The molecular formula is C14H14F3NO4S2. The molecule has 1 heterocycles. The summed E-state index contributed by atoms with van der Waals surface area (Å²) in [5, 5.41) is 3.60. The van der Waals surface area contributed by atoms with E-state index in [-0.39, 0.29) is 6.54 Å². The van der Waals surface area contributed by atoms with E-state index >= 15 is 0 Å². The molecule has 2 rings (SSSR count). The molecule has 0 saturated heterocycles. The summed E-state index contributed by atoms with van der Waals surface area (Å²) in [6.45, 7) is -0.129. The van der Waals surface area contributed by atoms with Crippen molar-refractivity contribution in [2.24, 2.45) is 0 Å². The van der Waals surface area contributed by atoms with Crippen molar-refractivity contribution in [1.29, 1.82) is 0 Å².